The maximum atomic E-state index is 5.77. The molecule has 2 aromatic carbocycles. The Morgan fingerprint density at radius 1 is 1.11 bits per heavy atom. The predicted octanol–water partition coefficient (Wildman–Crippen LogP) is 4.17. The van der Waals surface area contributed by atoms with Crippen molar-refractivity contribution in [1.82, 2.24) is 4.98 Å². The third-order valence-electron chi connectivity index (χ3n) is 2.60. The van der Waals surface area contributed by atoms with Crippen molar-refractivity contribution in [2.75, 3.05) is 5.73 Å². The van der Waals surface area contributed by atoms with Crippen LogP contribution in [0, 0.1) is 0 Å². The van der Waals surface area contributed by atoms with Gasteiger partial charge in [0.05, 0.1) is 10.2 Å². The first-order valence-electron chi connectivity index (χ1n) is 5.64. The normalized spacial score (nSPS) is 10.9. The number of hydrogen-bond donors (Lipinski definition) is 1. The predicted molar refractivity (Wildman–Crippen MR) is 80.0 cm³/mol. The van der Waals surface area contributed by atoms with E-state index in [1.165, 1.54) is 5.56 Å². The van der Waals surface area contributed by atoms with E-state index >= 15 is 0 Å². The van der Waals surface area contributed by atoms with Gasteiger partial charge in [0.15, 0.2) is 4.34 Å². The number of rotatable bonds is 3. The van der Waals surface area contributed by atoms with Crippen LogP contribution in [-0.4, -0.2) is 4.98 Å². The maximum Gasteiger partial charge on any atom is 0.151 e. The fourth-order valence-electron chi connectivity index (χ4n) is 1.70. The van der Waals surface area contributed by atoms with E-state index in [1.54, 1.807) is 23.1 Å². The molecule has 0 bridgehead atoms. The van der Waals surface area contributed by atoms with Gasteiger partial charge in [0.1, 0.15) is 0 Å². The standard InChI is InChI=1S/C14H12N2S2/c15-11-6-7-12-13(8-11)18-14(16-12)17-9-10-4-2-1-3-5-10/h1-8H,9,15H2. The van der Waals surface area contributed by atoms with Crippen LogP contribution in [0.4, 0.5) is 5.69 Å². The fourth-order valence-corrected chi connectivity index (χ4v) is 3.77. The quantitative estimate of drug-likeness (QED) is 0.574. The van der Waals surface area contributed by atoms with Crippen LogP contribution in [0.3, 0.4) is 0 Å². The average molecular weight is 272 g/mol. The van der Waals surface area contributed by atoms with E-state index in [2.05, 4.69) is 29.2 Å². The van der Waals surface area contributed by atoms with Gasteiger partial charge in [0.2, 0.25) is 0 Å². The summed E-state index contributed by atoms with van der Waals surface area (Å²) in [4.78, 5) is 4.59. The van der Waals surface area contributed by atoms with Crippen LogP contribution < -0.4 is 5.73 Å². The van der Waals surface area contributed by atoms with Gasteiger partial charge >= 0.3 is 0 Å². The number of nitrogen functional groups attached to an aromatic ring is 1. The molecular formula is C14H12N2S2. The zero-order chi connectivity index (χ0) is 12.4. The number of hydrogen-bond acceptors (Lipinski definition) is 4. The molecule has 3 aromatic rings. The number of thiazole rings is 1. The third-order valence-corrected chi connectivity index (χ3v) is 4.83. The summed E-state index contributed by atoms with van der Waals surface area (Å²) in [6.07, 6.45) is 0. The summed E-state index contributed by atoms with van der Waals surface area (Å²) in [5.74, 6) is 0.955. The highest BCUT2D eigenvalue weighted by Crippen LogP contribution is 2.32. The molecule has 0 spiro atoms. The van der Waals surface area contributed by atoms with E-state index in [1.807, 2.05) is 24.3 Å². The highest BCUT2D eigenvalue weighted by molar-refractivity contribution is 8.00. The van der Waals surface area contributed by atoms with E-state index < -0.39 is 0 Å². The van der Waals surface area contributed by atoms with Crippen molar-refractivity contribution in [3.63, 3.8) is 0 Å². The van der Waals surface area contributed by atoms with Crippen molar-refractivity contribution >= 4 is 39.0 Å². The van der Waals surface area contributed by atoms with Gasteiger partial charge in [0.25, 0.3) is 0 Å². The highest BCUT2D eigenvalue weighted by atomic mass is 32.2. The molecule has 0 aliphatic carbocycles. The van der Waals surface area contributed by atoms with Crippen molar-refractivity contribution < 1.29 is 0 Å². The number of fused-ring (bicyclic) bond motifs is 1. The Labute approximate surface area is 114 Å². The topological polar surface area (TPSA) is 38.9 Å². The van der Waals surface area contributed by atoms with Gasteiger partial charge in [0, 0.05) is 11.4 Å². The molecule has 4 heteroatoms. The lowest BCUT2D eigenvalue weighted by molar-refractivity contribution is 1.29. The van der Waals surface area contributed by atoms with E-state index in [0.717, 1.165) is 26.0 Å². The summed E-state index contributed by atoms with van der Waals surface area (Å²) in [6.45, 7) is 0. The Hall–Kier alpha value is -1.52. The molecule has 0 fully saturated rings. The third kappa shape index (κ3) is 2.49. The molecule has 2 nitrogen and oxygen atoms in total. The van der Waals surface area contributed by atoms with Crippen LogP contribution in [0.25, 0.3) is 10.2 Å². The molecule has 0 atom stereocenters. The van der Waals surface area contributed by atoms with Gasteiger partial charge < -0.3 is 5.73 Å². The monoisotopic (exact) mass is 272 g/mol. The van der Waals surface area contributed by atoms with Gasteiger partial charge in [-0.1, -0.05) is 42.1 Å². The van der Waals surface area contributed by atoms with Crippen LogP contribution >= 0.6 is 23.1 Å². The maximum absolute atomic E-state index is 5.77. The van der Waals surface area contributed by atoms with Crippen molar-refractivity contribution in [3.05, 3.63) is 54.1 Å². The highest BCUT2D eigenvalue weighted by Gasteiger charge is 2.04. The largest absolute Gasteiger partial charge is 0.399 e. The molecule has 0 amide bonds. The van der Waals surface area contributed by atoms with Gasteiger partial charge in [-0.2, -0.15) is 0 Å². The molecule has 0 radical (unpaired) electrons. The molecular weight excluding hydrogens is 260 g/mol. The number of aromatic nitrogens is 1. The number of nitrogens with two attached hydrogens (primary N) is 1. The lowest BCUT2D eigenvalue weighted by Gasteiger charge is -1.97. The zero-order valence-corrected chi connectivity index (χ0v) is 11.3. The summed E-state index contributed by atoms with van der Waals surface area (Å²) in [5, 5.41) is 0. The van der Waals surface area contributed by atoms with Crippen LogP contribution in [0.5, 0.6) is 0 Å². The summed E-state index contributed by atoms with van der Waals surface area (Å²) in [5.41, 5.74) is 8.92. The van der Waals surface area contributed by atoms with Gasteiger partial charge in [-0.15, -0.1) is 11.3 Å². The van der Waals surface area contributed by atoms with Crippen molar-refractivity contribution in [1.29, 1.82) is 0 Å². The number of thioether (sulfide) groups is 1. The van der Waals surface area contributed by atoms with E-state index in [-0.39, 0.29) is 0 Å². The van der Waals surface area contributed by atoms with E-state index in [4.69, 9.17) is 5.73 Å². The van der Waals surface area contributed by atoms with Crippen LogP contribution in [0.1, 0.15) is 5.56 Å². The first kappa shape index (κ1) is 11.6. The molecule has 0 saturated heterocycles. The summed E-state index contributed by atoms with van der Waals surface area (Å²) >= 11 is 3.47. The van der Waals surface area contributed by atoms with Gasteiger partial charge in [-0.05, 0) is 23.8 Å². The lowest BCUT2D eigenvalue weighted by atomic mass is 10.2. The first-order valence-corrected chi connectivity index (χ1v) is 7.44. The van der Waals surface area contributed by atoms with Crippen LogP contribution in [0.15, 0.2) is 52.9 Å². The summed E-state index contributed by atoms with van der Waals surface area (Å²) < 4.78 is 2.25. The number of benzene rings is 2. The smallest absolute Gasteiger partial charge is 0.151 e. The Kier molecular flexibility index (Phi) is 3.21. The molecule has 90 valence electrons. The van der Waals surface area contributed by atoms with E-state index in [9.17, 15) is 0 Å². The Morgan fingerprint density at radius 2 is 1.94 bits per heavy atom. The van der Waals surface area contributed by atoms with Gasteiger partial charge in [-0.3, -0.25) is 0 Å². The molecule has 0 saturated carbocycles. The molecule has 3 rings (SSSR count). The first-order chi connectivity index (χ1) is 8.81. The van der Waals surface area contributed by atoms with Crippen molar-refractivity contribution in [3.8, 4) is 0 Å². The molecule has 2 N–H and O–H groups in total. The second kappa shape index (κ2) is 5.00. The van der Waals surface area contributed by atoms with Crippen molar-refractivity contribution in [2.24, 2.45) is 0 Å². The second-order valence-electron chi connectivity index (χ2n) is 3.98. The average Bonchev–Trinajstić information content (AvgIpc) is 2.79. The van der Waals surface area contributed by atoms with E-state index in [0.29, 0.717) is 0 Å². The second-order valence-corrected chi connectivity index (χ2v) is 6.23. The van der Waals surface area contributed by atoms with Gasteiger partial charge in [-0.25, -0.2) is 4.98 Å². The number of anilines is 1. The Morgan fingerprint density at radius 3 is 2.78 bits per heavy atom. The minimum atomic E-state index is 0.797. The molecule has 0 aliphatic rings. The SMILES string of the molecule is Nc1ccc2nc(SCc3ccccc3)sc2c1. The minimum Gasteiger partial charge on any atom is -0.399 e. The molecule has 1 heterocycles. The minimum absolute atomic E-state index is 0.797. The summed E-state index contributed by atoms with van der Waals surface area (Å²) in [6, 6.07) is 16.3. The Balaban J connectivity index is 1.79. The number of nitrogens with zero attached hydrogens (tertiary/aromatic N) is 1. The van der Waals surface area contributed by atoms with Crippen LogP contribution in [0.2, 0.25) is 0 Å². The molecule has 0 unspecified atom stereocenters. The molecule has 0 aliphatic heterocycles. The lowest BCUT2D eigenvalue weighted by Crippen LogP contribution is -1.81. The van der Waals surface area contributed by atoms with Crippen LogP contribution in [-0.2, 0) is 5.75 Å². The summed E-state index contributed by atoms with van der Waals surface area (Å²) in [7, 11) is 0. The molecule has 1 aromatic heterocycles. The Bertz CT molecular complexity index is 662. The molecule has 18 heavy (non-hydrogen) atoms. The fraction of sp³-hybridized carbons (Fsp3) is 0.0714. The zero-order valence-electron chi connectivity index (χ0n) is 9.67. The van der Waals surface area contributed by atoms with Crippen molar-refractivity contribution in [2.45, 2.75) is 10.1 Å².